The van der Waals surface area contributed by atoms with Gasteiger partial charge < -0.3 is 4.74 Å². The summed E-state index contributed by atoms with van der Waals surface area (Å²) in [4.78, 5) is 12.3. The maximum atomic E-state index is 12.3. The second-order valence-electron chi connectivity index (χ2n) is 7.12. The Morgan fingerprint density at radius 2 is 1.76 bits per heavy atom. The van der Waals surface area contributed by atoms with Crippen molar-refractivity contribution in [3.8, 4) is 5.75 Å². The van der Waals surface area contributed by atoms with Crippen LogP contribution < -0.4 is 14.5 Å². The molecule has 3 rings (SSSR count). The Morgan fingerprint density at radius 3 is 2.44 bits per heavy atom. The van der Waals surface area contributed by atoms with Crippen LogP contribution in [0.2, 0.25) is 15.1 Å². The van der Waals surface area contributed by atoms with Crippen LogP contribution in [0.25, 0.3) is 0 Å². The molecule has 0 fully saturated rings. The summed E-state index contributed by atoms with van der Waals surface area (Å²) < 4.78 is 31.0. The molecule has 0 saturated carbocycles. The number of ether oxygens (including phenoxy) is 1. The van der Waals surface area contributed by atoms with Gasteiger partial charge in [0, 0.05) is 5.02 Å². The van der Waals surface area contributed by atoms with Crippen LogP contribution in [-0.2, 0) is 21.4 Å². The molecule has 1 amide bonds. The van der Waals surface area contributed by atoms with Crippen LogP contribution >= 0.6 is 34.8 Å². The summed E-state index contributed by atoms with van der Waals surface area (Å²) in [6.45, 7) is -0.149. The molecule has 11 heteroatoms. The smallest absolute Gasteiger partial charge is 0.260 e. The van der Waals surface area contributed by atoms with Gasteiger partial charge in [-0.3, -0.25) is 9.10 Å². The number of nitrogens with one attached hydrogen (secondary N) is 1. The lowest BCUT2D eigenvalue weighted by atomic mass is 10.2. The Hall–Kier alpha value is -2.78. The molecule has 0 radical (unpaired) electrons. The minimum absolute atomic E-state index is 0.0311. The van der Waals surface area contributed by atoms with Crippen LogP contribution in [0.3, 0.4) is 0 Å². The van der Waals surface area contributed by atoms with E-state index < -0.39 is 22.5 Å². The molecule has 3 aromatic rings. The van der Waals surface area contributed by atoms with Crippen molar-refractivity contribution in [2.75, 3.05) is 17.1 Å². The van der Waals surface area contributed by atoms with Gasteiger partial charge in [-0.2, -0.15) is 5.10 Å². The summed E-state index contributed by atoms with van der Waals surface area (Å²) in [6.07, 6.45) is 2.40. The van der Waals surface area contributed by atoms with Crippen molar-refractivity contribution in [1.82, 2.24) is 5.43 Å². The van der Waals surface area contributed by atoms with Crippen molar-refractivity contribution in [2.24, 2.45) is 5.10 Å². The molecule has 0 aliphatic heterocycles. The molecule has 0 bridgehead atoms. The lowest BCUT2D eigenvalue weighted by molar-refractivity contribution is -0.119. The molecule has 3 aromatic carbocycles. The van der Waals surface area contributed by atoms with Crippen molar-refractivity contribution < 1.29 is 17.9 Å². The number of sulfonamides is 1. The summed E-state index contributed by atoms with van der Waals surface area (Å²) in [5.41, 5.74) is 4.06. The normalized spacial score (nSPS) is 11.4. The second-order valence-corrected chi connectivity index (χ2v) is 10.3. The number of carbonyl (C=O) groups is 1. The highest BCUT2D eigenvalue weighted by atomic mass is 35.5. The highest BCUT2D eigenvalue weighted by Gasteiger charge is 2.23. The number of hydrazone groups is 1. The van der Waals surface area contributed by atoms with Crippen LogP contribution in [0, 0.1) is 0 Å². The summed E-state index contributed by atoms with van der Waals surface area (Å²) in [7, 11) is -3.81. The predicted octanol–water partition coefficient (Wildman–Crippen LogP) is 5.14. The zero-order valence-electron chi connectivity index (χ0n) is 17.9. The number of halogens is 3. The third kappa shape index (κ3) is 7.36. The molecule has 0 spiro atoms. The van der Waals surface area contributed by atoms with Gasteiger partial charge in [-0.05, 0) is 59.7 Å². The number of nitrogens with zero attached hydrogens (tertiary/aromatic N) is 2. The zero-order chi connectivity index (χ0) is 24.7. The first-order valence-electron chi connectivity index (χ1n) is 9.84. The third-order valence-electron chi connectivity index (χ3n) is 4.46. The Morgan fingerprint density at radius 1 is 1.06 bits per heavy atom. The Labute approximate surface area is 212 Å². The molecule has 0 aromatic heterocycles. The van der Waals surface area contributed by atoms with Gasteiger partial charge in [0.15, 0.2) is 0 Å². The van der Waals surface area contributed by atoms with E-state index in [1.807, 2.05) is 18.2 Å². The number of anilines is 1. The average molecular weight is 541 g/mol. The van der Waals surface area contributed by atoms with Gasteiger partial charge in [-0.1, -0.05) is 53.0 Å². The monoisotopic (exact) mass is 539 g/mol. The van der Waals surface area contributed by atoms with E-state index in [1.165, 1.54) is 18.3 Å². The Bertz CT molecular complexity index is 1300. The lowest BCUT2D eigenvalue weighted by Crippen LogP contribution is -2.39. The molecule has 7 nitrogen and oxygen atoms in total. The van der Waals surface area contributed by atoms with Crippen LogP contribution in [0.4, 0.5) is 5.69 Å². The molecule has 34 heavy (non-hydrogen) atoms. The number of hydrogen-bond donors (Lipinski definition) is 1. The van der Waals surface area contributed by atoms with Gasteiger partial charge in [0.25, 0.3) is 5.91 Å². The van der Waals surface area contributed by atoms with Gasteiger partial charge in [-0.25, -0.2) is 13.8 Å². The Kier molecular flexibility index (Phi) is 8.79. The fraction of sp³-hybridized carbons (Fsp3) is 0.130. The van der Waals surface area contributed by atoms with Crippen LogP contribution in [0.5, 0.6) is 5.75 Å². The number of rotatable bonds is 9. The van der Waals surface area contributed by atoms with Crippen LogP contribution in [-0.4, -0.2) is 33.3 Å². The average Bonchev–Trinajstić information content (AvgIpc) is 2.78. The molecule has 0 heterocycles. The van der Waals surface area contributed by atoms with E-state index >= 15 is 0 Å². The van der Waals surface area contributed by atoms with E-state index in [0.717, 1.165) is 16.1 Å². The Balaban J connectivity index is 1.57. The molecule has 0 aliphatic carbocycles. The second kappa shape index (κ2) is 11.6. The predicted molar refractivity (Wildman–Crippen MR) is 137 cm³/mol. The summed E-state index contributed by atoms with van der Waals surface area (Å²) in [6, 6.07) is 19.0. The number of benzene rings is 3. The summed E-state index contributed by atoms with van der Waals surface area (Å²) in [5.74, 6) is 0.00236. The van der Waals surface area contributed by atoms with Gasteiger partial charge in [0.05, 0.1) is 28.2 Å². The third-order valence-corrected chi connectivity index (χ3v) is 6.64. The van der Waals surface area contributed by atoms with Crippen LogP contribution in [0.15, 0.2) is 71.8 Å². The number of carbonyl (C=O) groups excluding carboxylic acids is 1. The molecular weight excluding hydrogens is 521 g/mol. The van der Waals surface area contributed by atoms with E-state index in [1.54, 1.807) is 36.4 Å². The molecule has 0 saturated heterocycles. The SMILES string of the molecule is CS(=O)(=O)N(CC(=O)N/N=C\c1ccc(OCc2cccc(Cl)c2)cc1)c1cccc(Cl)c1Cl. The van der Waals surface area contributed by atoms with Crippen molar-refractivity contribution in [3.05, 3.63) is 92.9 Å². The molecule has 0 unspecified atom stereocenters. The van der Waals surface area contributed by atoms with Gasteiger partial charge >= 0.3 is 0 Å². The molecule has 0 atom stereocenters. The number of hydrogen-bond acceptors (Lipinski definition) is 5. The van der Waals surface area contributed by atoms with E-state index in [9.17, 15) is 13.2 Å². The van der Waals surface area contributed by atoms with Crippen molar-refractivity contribution in [3.63, 3.8) is 0 Å². The van der Waals surface area contributed by atoms with E-state index in [4.69, 9.17) is 39.5 Å². The topological polar surface area (TPSA) is 88.1 Å². The first-order chi connectivity index (χ1) is 16.1. The van der Waals surface area contributed by atoms with Crippen molar-refractivity contribution >= 4 is 62.6 Å². The number of amides is 1. The maximum Gasteiger partial charge on any atom is 0.260 e. The van der Waals surface area contributed by atoms with E-state index in [-0.39, 0.29) is 15.7 Å². The molecular formula is C23H20Cl3N3O4S. The van der Waals surface area contributed by atoms with E-state index in [2.05, 4.69) is 10.5 Å². The zero-order valence-corrected chi connectivity index (χ0v) is 21.0. The van der Waals surface area contributed by atoms with E-state index in [0.29, 0.717) is 22.9 Å². The molecule has 0 aliphatic rings. The fourth-order valence-corrected chi connectivity index (χ4v) is 4.38. The minimum atomic E-state index is -3.81. The summed E-state index contributed by atoms with van der Waals surface area (Å²) in [5, 5.41) is 4.73. The molecule has 1 N–H and O–H groups in total. The van der Waals surface area contributed by atoms with Gasteiger partial charge in [-0.15, -0.1) is 0 Å². The van der Waals surface area contributed by atoms with Crippen molar-refractivity contribution in [2.45, 2.75) is 6.61 Å². The maximum absolute atomic E-state index is 12.3. The first kappa shape index (κ1) is 25.8. The highest BCUT2D eigenvalue weighted by molar-refractivity contribution is 7.92. The van der Waals surface area contributed by atoms with Gasteiger partial charge in [0.1, 0.15) is 18.9 Å². The summed E-state index contributed by atoms with van der Waals surface area (Å²) >= 11 is 18.1. The van der Waals surface area contributed by atoms with Crippen molar-refractivity contribution in [1.29, 1.82) is 0 Å². The largest absolute Gasteiger partial charge is 0.489 e. The quantitative estimate of drug-likeness (QED) is 0.301. The first-order valence-corrected chi connectivity index (χ1v) is 12.8. The van der Waals surface area contributed by atoms with Gasteiger partial charge in [0.2, 0.25) is 10.0 Å². The standard InChI is InChI=1S/C23H20Cl3N3O4S/c1-34(31,32)29(21-7-3-6-20(25)23(21)26)14-22(30)28-27-13-16-8-10-19(11-9-16)33-15-17-4-2-5-18(24)12-17/h2-13H,14-15H2,1H3,(H,28,30)/b27-13-. The fourth-order valence-electron chi connectivity index (χ4n) is 2.85. The lowest BCUT2D eigenvalue weighted by Gasteiger charge is -2.22. The minimum Gasteiger partial charge on any atom is -0.489 e. The highest BCUT2D eigenvalue weighted by Crippen LogP contribution is 2.33. The van der Waals surface area contributed by atoms with Crippen LogP contribution in [0.1, 0.15) is 11.1 Å². The molecule has 178 valence electrons.